The molecule has 0 amide bonds. The summed E-state index contributed by atoms with van der Waals surface area (Å²) in [6, 6.07) is 0. The number of nitrogens with zero attached hydrogens (tertiary/aromatic N) is 2. The van der Waals surface area contributed by atoms with Gasteiger partial charge in [0.2, 0.25) is 0 Å². The van der Waals surface area contributed by atoms with E-state index in [2.05, 4.69) is 41.5 Å². The minimum absolute atomic E-state index is 0.861. The second-order valence-corrected chi connectivity index (χ2v) is 9.12. The SMILES string of the molecule is CCCC1CCC([C@H](C)CCCCCCCNc2cn[nH]n2)C2C1[C@@H]2C. The molecular weight excluding hydrogens is 320 g/mol. The Morgan fingerprint density at radius 3 is 2.73 bits per heavy atom. The van der Waals surface area contributed by atoms with E-state index in [1.807, 2.05) is 0 Å². The zero-order valence-corrected chi connectivity index (χ0v) is 17.2. The van der Waals surface area contributed by atoms with Crippen molar-refractivity contribution in [3.05, 3.63) is 6.20 Å². The molecule has 6 atom stereocenters. The van der Waals surface area contributed by atoms with Crippen LogP contribution in [-0.4, -0.2) is 22.0 Å². The van der Waals surface area contributed by atoms with Crippen LogP contribution in [0.15, 0.2) is 6.20 Å². The molecule has 1 heterocycles. The number of nitrogens with one attached hydrogen (secondary N) is 2. The smallest absolute Gasteiger partial charge is 0.168 e. The van der Waals surface area contributed by atoms with Crippen molar-refractivity contribution in [2.45, 2.75) is 85.0 Å². The second-order valence-electron chi connectivity index (χ2n) is 9.12. The average Bonchev–Trinajstić information content (AvgIpc) is 3.07. The molecule has 1 aromatic heterocycles. The lowest BCUT2D eigenvalue weighted by Gasteiger charge is -2.32. The molecule has 2 saturated carbocycles. The summed E-state index contributed by atoms with van der Waals surface area (Å²) < 4.78 is 0. The van der Waals surface area contributed by atoms with Crippen molar-refractivity contribution in [2.75, 3.05) is 11.9 Å². The van der Waals surface area contributed by atoms with Crippen LogP contribution in [0.1, 0.15) is 85.0 Å². The molecule has 4 nitrogen and oxygen atoms in total. The number of hydrogen-bond acceptors (Lipinski definition) is 3. The zero-order chi connectivity index (χ0) is 18.4. The van der Waals surface area contributed by atoms with Crippen molar-refractivity contribution in [1.29, 1.82) is 0 Å². The molecule has 0 aliphatic heterocycles. The van der Waals surface area contributed by atoms with Crippen LogP contribution in [0, 0.1) is 35.5 Å². The molecule has 3 rings (SSSR count). The second kappa shape index (κ2) is 9.75. The number of rotatable bonds is 12. The van der Waals surface area contributed by atoms with Crippen molar-refractivity contribution in [3.63, 3.8) is 0 Å². The molecule has 0 aromatic carbocycles. The van der Waals surface area contributed by atoms with Gasteiger partial charge in [0, 0.05) is 6.54 Å². The fourth-order valence-corrected chi connectivity index (χ4v) is 5.95. The van der Waals surface area contributed by atoms with E-state index in [9.17, 15) is 0 Å². The summed E-state index contributed by atoms with van der Waals surface area (Å²) in [6.07, 6.45) is 15.9. The lowest BCUT2D eigenvalue weighted by Crippen LogP contribution is -2.23. The molecular formula is C22H40N4. The number of aromatic amines is 1. The highest BCUT2D eigenvalue weighted by Gasteiger charge is 2.57. The van der Waals surface area contributed by atoms with Gasteiger partial charge < -0.3 is 5.32 Å². The number of anilines is 1. The van der Waals surface area contributed by atoms with E-state index in [4.69, 9.17) is 0 Å². The first-order valence-electron chi connectivity index (χ1n) is 11.3. The highest BCUT2D eigenvalue weighted by molar-refractivity contribution is 5.27. The largest absolute Gasteiger partial charge is 0.367 e. The summed E-state index contributed by atoms with van der Waals surface area (Å²) in [4.78, 5) is 0. The number of unbranched alkanes of at least 4 members (excludes halogenated alkanes) is 4. The van der Waals surface area contributed by atoms with Gasteiger partial charge in [0.05, 0.1) is 6.20 Å². The fourth-order valence-electron chi connectivity index (χ4n) is 5.95. The molecule has 0 spiro atoms. The average molecular weight is 361 g/mol. The summed E-state index contributed by atoms with van der Waals surface area (Å²) in [6.45, 7) is 8.46. The first-order valence-corrected chi connectivity index (χ1v) is 11.3. The molecule has 4 unspecified atom stereocenters. The third-order valence-corrected chi connectivity index (χ3v) is 7.38. The summed E-state index contributed by atoms with van der Waals surface area (Å²) in [5, 5.41) is 13.7. The van der Waals surface area contributed by atoms with Crippen molar-refractivity contribution in [3.8, 4) is 0 Å². The zero-order valence-electron chi connectivity index (χ0n) is 17.2. The maximum absolute atomic E-state index is 4.01. The molecule has 2 fully saturated rings. The number of fused-ring (bicyclic) bond motifs is 1. The van der Waals surface area contributed by atoms with Crippen LogP contribution in [0.4, 0.5) is 5.82 Å². The van der Waals surface area contributed by atoms with Crippen LogP contribution in [-0.2, 0) is 0 Å². The van der Waals surface area contributed by atoms with Crippen molar-refractivity contribution in [2.24, 2.45) is 35.5 Å². The fraction of sp³-hybridized carbons (Fsp3) is 0.909. The van der Waals surface area contributed by atoms with Gasteiger partial charge in [0.1, 0.15) is 0 Å². The van der Waals surface area contributed by atoms with Crippen molar-refractivity contribution < 1.29 is 0 Å². The van der Waals surface area contributed by atoms with E-state index in [-0.39, 0.29) is 0 Å². The Bertz CT molecular complexity index is 500. The molecule has 0 radical (unpaired) electrons. The van der Waals surface area contributed by atoms with Gasteiger partial charge in [-0.1, -0.05) is 65.7 Å². The van der Waals surface area contributed by atoms with Gasteiger partial charge in [-0.25, -0.2) is 0 Å². The minimum atomic E-state index is 0.861. The van der Waals surface area contributed by atoms with E-state index in [0.717, 1.165) is 47.9 Å². The van der Waals surface area contributed by atoms with Gasteiger partial charge in [-0.05, 0) is 54.8 Å². The van der Waals surface area contributed by atoms with Crippen molar-refractivity contribution in [1.82, 2.24) is 15.4 Å². The predicted molar refractivity (Wildman–Crippen MR) is 109 cm³/mol. The van der Waals surface area contributed by atoms with Gasteiger partial charge in [0.15, 0.2) is 5.82 Å². The predicted octanol–water partition coefficient (Wildman–Crippen LogP) is 5.90. The van der Waals surface area contributed by atoms with Gasteiger partial charge in [-0.15, -0.1) is 5.10 Å². The monoisotopic (exact) mass is 360 g/mol. The number of aromatic nitrogens is 3. The van der Waals surface area contributed by atoms with E-state index < -0.39 is 0 Å². The van der Waals surface area contributed by atoms with Gasteiger partial charge in [-0.2, -0.15) is 10.3 Å². The highest BCUT2D eigenvalue weighted by Crippen LogP contribution is 2.63. The molecule has 2 aliphatic carbocycles. The van der Waals surface area contributed by atoms with Gasteiger partial charge in [-0.3, -0.25) is 0 Å². The Balaban J connectivity index is 1.23. The van der Waals surface area contributed by atoms with E-state index in [1.165, 1.54) is 64.2 Å². The third kappa shape index (κ3) is 5.01. The topological polar surface area (TPSA) is 53.6 Å². The standard InChI is InChI=1S/C22H40N4/c1-4-10-18-12-13-19(22-17(3)21(18)22)16(2)11-8-6-5-7-9-14-23-20-15-24-26-25-20/h15-19,21-22H,4-14H2,1-3H3,(H2,23,24,25,26)/t16-,17+,18?,19?,21?,22?/m1/s1. The van der Waals surface area contributed by atoms with E-state index >= 15 is 0 Å². The molecule has 0 bridgehead atoms. The van der Waals surface area contributed by atoms with Crippen molar-refractivity contribution >= 4 is 5.82 Å². The van der Waals surface area contributed by atoms with Crippen LogP contribution in [0.25, 0.3) is 0 Å². The first kappa shape index (κ1) is 19.7. The molecule has 148 valence electrons. The molecule has 1 aromatic rings. The molecule has 4 heteroatoms. The molecule has 26 heavy (non-hydrogen) atoms. The summed E-state index contributed by atoms with van der Waals surface area (Å²) in [7, 11) is 0. The lowest BCUT2D eigenvalue weighted by molar-refractivity contribution is 0.182. The van der Waals surface area contributed by atoms with Crippen LogP contribution in [0.2, 0.25) is 0 Å². The van der Waals surface area contributed by atoms with E-state index in [0.29, 0.717) is 0 Å². The highest BCUT2D eigenvalue weighted by atomic mass is 15.3. The minimum Gasteiger partial charge on any atom is -0.367 e. The third-order valence-electron chi connectivity index (χ3n) is 7.38. The number of hydrogen-bond donors (Lipinski definition) is 2. The van der Waals surface area contributed by atoms with Gasteiger partial charge >= 0.3 is 0 Å². The van der Waals surface area contributed by atoms with Gasteiger partial charge in [0.25, 0.3) is 0 Å². The van der Waals surface area contributed by atoms with Crippen LogP contribution >= 0.6 is 0 Å². The van der Waals surface area contributed by atoms with Crippen LogP contribution < -0.4 is 5.32 Å². The summed E-state index contributed by atoms with van der Waals surface area (Å²) in [5.41, 5.74) is 0. The van der Waals surface area contributed by atoms with Crippen LogP contribution in [0.3, 0.4) is 0 Å². The summed E-state index contributed by atoms with van der Waals surface area (Å²) >= 11 is 0. The maximum atomic E-state index is 4.01. The molecule has 2 N–H and O–H groups in total. The normalized spacial score (nSPS) is 31.4. The first-order chi connectivity index (χ1) is 12.7. The Labute approximate surface area is 160 Å². The van der Waals surface area contributed by atoms with E-state index in [1.54, 1.807) is 6.20 Å². The molecule has 0 saturated heterocycles. The Kier molecular flexibility index (Phi) is 7.39. The molecule has 2 aliphatic rings. The number of H-pyrrole nitrogens is 1. The lowest BCUT2D eigenvalue weighted by atomic mass is 9.74. The maximum Gasteiger partial charge on any atom is 0.168 e. The Morgan fingerprint density at radius 1 is 1.15 bits per heavy atom. The quantitative estimate of drug-likeness (QED) is 0.456. The summed E-state index contributed by atoms with van der Waals surface area (Å²) in [5.74, 6) is 7.11. The Morgan fingerprint density at radius 2 is 1.96 bits per heavy atom. The Hall–Kier alpha value is -1.06. The van der Waals surface area contributed by atoms with Crippen LogP contribution in [0.5, 0.6) is 0 Å².